The Morgan fingerprint density at radius 2 is 2.21 bits per heavy atom. The molecule has 98 valence electrons. The summed E-state index contributed by atoms with van der Waals surface area (Å²) < 4.78 is 5.65. The van der Waals surface area contributed by atoms with E-state index in [4.69, 9.17) is 10.5 Å². The molecule has 0 bridgehead atoms. The summed E-state index contributed by atoms with van der Waals surface area (Å²) >= 11 is 0. The predicted molar refractivity (Wildman–Crippen MR) is 74.3 cm³/mol. The van der Waals surface area contributed by atoms with Gasteiger partial charge in [-0.15, -0.1) is 0 Å². The lowest BCUT2D eigenvalue weighted by molar-refractivity contribution is 0.101. The summed E-state index contributed by atoms with van der Waals surface area (Å²) in [5, 5.41) is 0. The van der Waals surface area contributed by atoms with Gasteiger partial charge in [0.1, 0.15) is 5.75 Å². The summed E-state index contributed by atoms with van der Waals surface area (Å²) in [5.41, 5.74) is 7.85. The quantitative estimate of drug-likeness (QED) is 0.659. The van der Waals surface area contributed by atoms with Gasteiger partial charge < -0.3 is 10.5 Å². The van der Waals surface area contributed by atoms with Crippen LogP contribution in [0, 0.1) is 0 Å². The average Bonchev–Trinajstić information content (AvgIpc) is 2.41. The van der Waals surface area contributed by atoms with Crippen molar-refractivity contribution in [2.75, 3.05) is 12.3 Å². The number of ketones is 1. The van der Waals surface area contributed by atoms with E-state index >= 15 is 0 Å². The Kier molecular flexibility index (Phi) is 4.13. The van der Waals surface area contributed by atoms with E-state index in [2.05, 4.69) is 4.98 Å². The van der Waals surface area contributed by atoms with Gasteiger partial charge in [0.2, 0.25) is 0 Å². The van der Waals surface area contributed by atoms with Gasteiger partial charge >= 0.3 is 0 Å². The Balaban J connectivity index is 2.02. The summed E-state index contributed by atoms with van der Waals surface area (Å²) in [6.07, 6.45) is 4.28. The van der Waals surface area contributed by atoms with Gasteiger partial charge in [-0.25, -0.2) is 0 Å². The molecule has 0 spiro atoms. The first-order valence-corrected chi connectivity index (χ1v) is 6.09. The lowest BCUT2D eigenvalue weighted by Gasteiger charge is -2.10. The Labute approximate surface area is 112 Å². The second-order valence-corrected chi connectivity index (χ2v) is 4.27. The first-order chi connectivity index (χ1) is 9.16. The van der Waals surface area contributed by atoms with Crippen molar-refractivity contribution in [3.05, 3.63) is 53.9 Å². The summed E-state index contributed by atoms with van der Waals surface area (Å²) in [5.74, 6) is 0.522. The molecule has 4 heteroatoms. The number of benzene rings is 1. The third kappa shape index (κ3) is 3.55. The molecule has 0 saturated heterocycles. The second kappa shape index (κ2) is 6.00. The van der Waals surface area contributed by atoms with Gasteiger partial charge in [0, 0.05) is 24.5 Å². The molecule has 0 fully saturated rings. The summed E-state index contributed by atoms with van der Waals surface area (Å²) in [6, 6.07) is 8.98. The van der Waals surface area contributed by atoms with Crippen LogP contribution in [0.3, 0.4) is 0 Å². The third-order valence-electron chi connectivity index (χ3n) is 2.75. The van der Waals surface area contributed by atoms with Gasteiger partial charge in [-0.05, 0) is 36.8 Å². The van der Waals surface area contributed by atoms with Gasteiger partial charge in [-0.1, -0.05) is 6.07 Å². The molecule has 0 atom stereocenters. The van der Waals surface area contributed by atoms with Gasteiger partial charge in [-0.2, -0.15) is 0 Å². The fourth-order valence-electron chi connectivity index (χ4n) is 1.77. The monoisotopic (exact) mass is 256 g/mol. The number of pyridine rings is 1. The van der Waals surface area contributed by atoms with Gasteiger partial charge in [0.15, 0.2) is 5.78 Å². The van der Waals surface area contributed by atoms with E-state index < -0.39 is 0 Å². The molecule has 1 aromatic carbocycles. The zero-order chi connectivity index (χ0) is 13.7. The highest BCUT2D eigenvalue weighted by atomic mass is 16.5. The fourth-order valence-corrected chi connectivity index (χ4v) is 1.77. The molecule has 2 aromatic rings. The first kappa shape index (κ1) is 13.1. The fraction of sp³-hybridized carbons (Fsp3) is 0.200. The minimum Gasteiger partial charge on any atom is -0.492 e. The number of anilines is 1. The number of hydrogen-bond donors (Lipinski definition) is 1. The number of carbonyl (C=O) groups excluding carboxylic acids is 1. The van der Waals surface area contributed by atoms with E-state index in [-0.39, 0.29) is 5.78 Å². The van der Waals surface area contributed by atoms with Crippen LogP contribution in [0.5, 0.6) is 5.75 Å². The largest absolute Gasteiger partial charge is 0.492 e. The maximum absolute atomic E-state index is 11.5. The lowest BCUT2D eigenvalue weighted by Crippen LogP contribution is -2.06. The maximum atomic E-state index is 11.5. The Morgan fingerprint density at radius 1 is 1.37 bits per heavy atom. The van der Waals surface area contributed by atoms with Crippen molar-refractivity contribution >= 4 is 11.5 Å². The van der Waals surface area contributed by atoms with Gasteiger partial charge in [0.25, 0.3) is 0 Å². The highest BCUT2D eigenvalue weighted by Crippen LogP contribution is 2.22. The summed E-state index contributed by atoms with van der Waals surface area (Å²) in [7, 11) is 0. The van der Waals surface area contributed by atoms with Crippen LogP contribution in [-0.4, -0.2) is 17.4 Å². The van der Waals surface area contributed by atoms with Crippen molar-refractivity contribution in [2.45, 2.75) is 13.3 Å². The SMILES string of the molecule is CC(=O)c1cc(N)ccc1OCCc1cccnc1. The molecule has 0 amide bonds. The molecule has 19 heavy (non-hydrogen) atoms. The normalized spacial score (nSPS) is 10.2. The number of carbonyl (C=O) groups is 1. The van der Waals surface area contributed by atoms with E-state index in [9.17, 15) is 4.79 Å². The molecule has 0 aliphatic rings. The molecule has 0 aliphatic carbocycles. The number of hydrogen-bond acceptors (Lipinski definition) is 4. The number of aromatic nitrogens is 1. The topological polar surface area (TPSA) is 65.2 Å². The third-order valence-corrected chi connectivity index (χ3v) is 2.75. The zero-order valence-electron chi connectivity index (χ0n) is 10.8. The molecule has 2 rings (SSSR count). The lowest BCUT2D eigenvalue weighted by atomic mass is 10.1. The van der Waals surface area contributed by atoms with E-state index in [0.717, 1.165) is 12.0 Å². The van der Waals surface area contributed by atoms with E-state index in [1.807, 2.05) is 12.1 Å². The van der Waals surface area contributed by atoms with Crippen LogP contribution in [0.15, 0.2) is 42.7 Å². The smallest absolute Gasteiger partial charge is 0.163 e. The molecule has 0 aliphatic heterocycles. The average molecular weight is 256 g/mol. The van der Waals surface area contributed by atoms with Crippen LogP contribution in [0.1, 0.15) is 22.8 Å². The van der Waals surface area contributed by atoms with Crippen LogP contribution < -0.4 is 10.5 Å². The molecule has 1 aromatic heterocycles. The van der Waals surface area contributed by atoms with Gasteiger partial charge in [0.05, 0.1) is 12.2 Å². The highest BCUT2D eigenvalue weighted by molar-refractivity contribution is 5.97. The Hall–Kier alpha value is -2.36. The predicted octanol–water partition coefficient (Wildman–Crippen LogP) is 2.49. The number of nitrogen functional groups attached to an aromatic ring is 1. The molecule has 0 saturated carbocycles. The van der Waals surface area contributed by atoms with E-state index in [0.29, 0.717) is 23.6 Å². The number of nitrogens with two attached hydrogens (primary N) is 1. The Morgan fingerprint density at radius 3 is 2.89 bits per heavy atom. The molecular weight excluding hydrogens is 240 g/mol. The first-order valence-electron chi connectivity index (χ1n) is 6.09. The standard InChI is InChI=1S/C15H16N2O2/c1-11(18)14-9-13(16)4-5-15(14)19-8-6-12-3-2-7-17-10-12/h2-5,7,9-10H,6,8,16H2,1H3. The summed E-state index contributed by atoms with van der Waals surface area (Å²) in [4.78, 5) is 15.5. The van der Waals surface area contributed by atoms with E-state index in [1.54, 1.807) is 30.6 Å². The van der Waals surface area contributed by atoms with Crippen LogP contribution in [-0.2, 0) is 6.42 Å². The molecular formula is C15H16N2O2. The second-order valence-electron chi connectivity index (χ2n) is 4.27. The molecule has 2 N–H and O–H groups in total. The van der Waals surface area contributed by atoms with Gasteiger partial charge in [-0.3, -0.25) is 9.78 Å². The molecule has 1 heterocycles. The van der Waals surface area contributed by atoms with Crippen molar-refractivity contribution in [1.82, 2.24) is 4.98 Å². The molecule has 0 radical (unpaired) electrons. The highest BCUT2D eigenvalue weighted by Gasteiger charge is 2.08. The minimum atomic E-state index is -0.0522. The van der Waals surface area contributed by atoms with Crippen molar-refractivity contribution in [2.24, 2.45) is 0 Å². The number of nitrogens with zero attached hydrogens (tertiary/aromatic N) is 1. The van der Waals surface area contributed by atoms with Crippen molar-refractivity contribution in [3.63, 3.8) is 0 Å². The van der Waals surface area contributed by atoms with Crippen molar-refractivity contribution in [1.29, 1.82) is 0 Å². The molecule has 0 unspecified atom stereocenters. The van der Waals surface area contributed by atoms with Crippen LogP contribution >= 0.6 is 0 Å². The molecule has 4 nitrogen and oxygen atoms in total. The van der Waals surface area contributed by atoms with Crippen LogP contribution in [0.2, 0.25) is 0 Å². The Bertz CT molecular complexity index is 568. The van der Waals surface area contributed by atoms with E-state index in [1.165, 1.54) is 6.92 Å². The maximum Gasteiger partial charge on any atom is 0.163 e. The number of Topliss-reactive ketones (excluding diaryl/α,β-unsaturated/α-hetero) is 1. The number of rotatable bonds is 5. The number of ether oxygens (including phenoxy) is 1. The zero-order valence-corrected chi connectivity index (χ0v) is 10.8. The van der Waals surface area contributed by atoms with Crippen molar-refractivity contribution < 1.29 is 9.53 Å². The summed E-state index contributed by atoms with van der Waals surface area (Å²) in [6.45, 7) is 2.00. The van der Waals surface area contributed by atoms with Crippen LogP contribution in [0.4, 0.5) is 5.69 Å². The minimum absolute atomic E-state index is 0.0522. The van der Waals surface area contributed by atoms with Crippen LogP contribution in [0.25, 0.3) is 0 Å². The van der Waals surface area contributed by atoms with Crippen molar-refractivity contribution in [3.8, 4) is 5.75 Å².